The number of nitrogens with one attached hydrogen (secondary N) is 1. The molecule has 6 heteroatoms. The van der Waals surface area contributed by atoms with E-state index >= 15 is 0 Å². The van der Waals surface area contributed by atoms with Gasteiger partial charge in [0.2, 0.25) is 0 Å². The van der Waals surface area contributed by atoms with E-state index in [4.69, 9.17) is 9.47 Å². The summed E-state index contributed by atoms with van der Waals surface area (Å²) in [7, 11) is 1.56. The van der Waals surface area contributed by atoms with Crippen molar-refractivity contribution in [2.75, 3.05) is 19.0 Å². The second-order valence-electron chi connectivity index (χ2n) is 5.26. The van der Waals surface area contributed by atoms with Gasteiger partial charge in [0.1, 0.15) is 0 Å². The lowest BCUT2D eigenvalue weighted by Crippen LogP contribution is -2.12. The lowest BCUT2D eigenvalue weighted by Gasteiger charge is -2.14. The number of carbonyl (C=O) groups excluding carboxylic acids is 1. The minimum Gasteiger partial charge on any atom is -0.493 e. The Hall–Kier alpha value is -1.53. The monoisotopic (exact) mass is 455 g/mol. The van der Waals surface area contributed by atoms with Crippen LogP contribution in [0, 0.1) is 6.92 Å². The predicted octanol–water partition coefficient (Wildman–Crippen LogP) is 5.57. The molecule has 2 aromatic carbocycles. The van der Waals surface area contributed by atoms with Gasteiger partial charge in [-0.3, -0.25) is 4.79 Å². The van der Waals surface area contributed by atoms with Crippen molar-refractivity contribution in [1.82, 2.24) is 0 Å². The Morgan fingerprint density at radius 3 is 2.54 bits per heavy atom. The highest BCUT2D eigenvalue weighted by molar-refractivity contribution is 9.10. The Bertz CT molecular complexity index is 747. The van der Waals surface area contributed by atoms with Gasteiger partial charge in [0.15, 0.2) is 11.5 Å². The summed E-state index contributed by atoms with van der Waals surface area (Å²) in [5.74, 6) is 0.920. The van der Waals surface area contributed by atoms with Gasteiger partial charge >= 0.3 is 0 Å². The SMILES string of the molecule is CCCOc1c(Br)cc(C(=O)Nc2ccc(Br)c(C)c2)cc1OC. The Kier molecular flexibility index (Phi) is 6.69. The Labute approximate surface area is 158 Å². The number of anilines is 1. The first-order chi connectivity index (χ1) is 11.5. The molecular formula is C18H19Br2NO3. The third-order valence-corrected chi connectivity index (χ3v) is 4.84. The van der Waals surface area contributed by atoms with E-state index in [9.17, 15) is 4.79 Å². The molecule has 0 saturated heterocycles. The van der Waals surface area contributed by atoms with Crippen LogP contribution in [-0.2, 0) is 0 Å². The van der Waals surface area contributed by atoms with E-state index in [-0.39, 0.29) is 5.91 Å². The molecule has 2 aromatic rings. The van der Waals surface area contributed by atoms with Crippen LogP contribution in [-0.4, -0.2) is 19.6 Å². The normalized spacial score (nSPS) is 10.4. The summed E-state index contributed by atoms with van der Waals surface area (Å²) < 4.78 is 12.7. The van der Waals surface area contributed by atoms with Gasteiger partial charge in [-0.05, 0) is 65.2 Å². The fourth-order valence-electron chi connectivity index (χ4n) is 2.12. The molecule has 128 valence electrons. The van der Waals surface area contributed by atoms with Crippen molar-refractivity contribution in [3.05, 3.63) is 50.4 Å². The minimum absolute atomic E-state index is 0.210. The highest BCUT2D eigenvalue weighted by atomic mass is 79.9. The topological polar surface area (TPSA) is 47.6 Å². The summed E-state index contributed by atoms with van der Waals surface area (Å²) >= 11 is 6.90. The van der Waals surface area contributed by atoms with E-state index in [2.05, 4.69) is 37.2 Å². The van der Waals surface area contributed by atoms with E-state index in [0.29, 0.717) is 28.1 Å². The molecule has 0 radical (unpaired) electrons. The quantitative estimate of drug-likeness (QED) is 0.618. The molecule has 1 amide bonds. The zero-order valence-electron chi connectivity index (χ0n) is 13.8. The molecule has 0 aliphatic rings. The van der Waals surface area contributed by atoms with Crippen molar-refractivity contribution in [1.29, 1.82) is 0 Å². The van der Waals surface area contributed by atoms with Crippen LogP contribution >= 0.6 is 31.9 Å². The highest BCUT2D eigenvalue weighted by Crippen LogP contribution is 2.37. The van der Waals surface area contributed by atoms with Crippen LogP contribution in [0.15, 0.2) is 39.3 Å². The lowest BCUT2D eigenvalue weighted by atomic mass is 10.1. The van der Waals surface area contributed by atoms with Gasteiger partial charge < -0.3 is 14.8 Å². The molecule has 24 heavy (non-hydrogen) atoms. The first-order valence-electron chi connectivity index (χ1n) is 7.54. The van der Waals surface area contributed by atoms with E-state index in [0.717, 1.165) is 22.1 Å². The molecule has 0 aliphatic heterocycles. The van der Waals surface area contributed by atoms with Crippen LogP contribution in [0.5, 0.6) is 11.5 Å². The first-order valence-corrected chi connectivity index (χ1v) is 9.12. The molecule has 0 spiro atoms. The van der Waals surface area contributed by atoms with Gasteiger partial charge in [-0.2, -0.15) is 0 Å². The summed E-state index contributed by atoms with van der Waals surface area (Å²) in [5.41, 5.74) is 2.28. The molecule has 0 bridgehead atoms. The average Bonchev–Trinajstić information content (AvgIpc) is 2.56. The summed E-state index contributed by atoms with van der Waals surface area (Å²) in [4.78, 5) is 12.5. The molecular weight excluding hydrogens is 438 g/mol. The molecule has 2 rings (SSSR count). The zero-order valence-corrected chi connectivity index (χ0v) is 17.0. The van der Waals surface area contributed by atoms with Gasteiger partial charge in [-0.25, -0.2) is 0 Å². The van der Waals surface area contributed by atoms with E-state index in [1.165, 1.54) is 0 Å². The smallest absolute Gasteiger partial charge is 0.255 e. The Morgan fingerprint density at radius 2 is 1.92 bits per heavy atom. The number of aryl methyl sites for hydroxylation is 1. The molecule has 0 atom stereocenters. The number of amides is 1. The number of hydrogen-bond donors (Lipinski definition) is 1. The number of hydrogen-bond acceptors (Lipinski definition) is 3. The van der Waals surface area contributed by atoms with Crippen LogP contribution in [0.3, 0.4) is 0 Å². The van der Waals surface area contributed by atoms with Crippen LogP contribution in [0.2, 0.25) is 0 Å². The predicted molar refractivity (Wildman–Crippen MR) is 103 cm³/mol. The van der Waals surface area contributed by atoms with Crippen molar-refractivity contribution in [3.63, 3.8) is 0 Å². The summed E-state index contributed by atoms with van der Waals surface area (Å²) in [6.45, 7) is 4.58. The second kappa shape index (κ2) is 8.53. The lowest BCUT2D eigenvalue weighted by molar-refractivity contribution is 0.102. The minimum atomic E-state index is -0.210. The van der Waals surface area contributed by atoms with Gasteiger partial charge in [-0.15, -0.1) is 0 Å². The Morgan fingerprint density at radius 1 is 1.17 bits per heavy atom. The standard InChI is InChI=1S/C18H19Br2NO3/c1-4-7-24-17-15(20)9-12(10-16(17)23-3)18(22)21-13-5-6-14(19)11(2)8-13/h5-6,8-10H,4,7H2,1-3H3,(H,21,22). The fourth-order valence-corrected chi connectivity index (χ4v) is 2.92. The largest absolute Gasteiger partial charge is 0.493 e. The van der Waals surface area contributed by atoms with Gasteiger partial charge in [-0.1, -0.05) is 22.9 Å². The van der Waals surface area contributed by atoms with Crippen LogP contribution in [0.25, 0.3) is 0 Å². The molecule has 4 nitrogen and oxygen atoms in total. The van der Waals surface area contributed by atoms with Crippen molar-refractivity contribution in [3.8, 4) is 11.5 Å². The molecule has 0 unspecified atom stereocenters. The molecule has 0 fully saturated rings. The Balaban J connectivity index is 2.25. The molecule has 0 heterocycles. The zero-order chi connectivity index (χ0) is 17.7. The highest BCUT2D eigenvalue weighted by Gasteiger charge is 2.16. The second-order valence-corrected chi connectivity index (χ2v) is 6.96. The molecule has 1 N–H and O–H groups in total. The van der Waals surface area contributed by atoms with Crippen molar-refractivity contribution in [2.24, 2.45) is 0 Å². The van der Waals surface area contributed by atoms with Crippen LogP contribution in [0.4, 0.5) is 5.69 Å². The van der Waals surface area contributed by atoms with E-state index in [1.54, 1.807) is 19.2 Å². The van der Waals surface area contributed by atoms with Crippen molar-refractivity contribution in [2.45, 2.75) is 20.3 Å². The van der Waals surface area contributed by atoms with Gasteiger partial charge in [0, 0.05) is 15.7 Å². The number of rotatable bonds is 6. The first kappa shape index (κ1) is 18.8. The summed E-state index contributed by atoms with van der Waals surface area (Å²) in [5, 5.41) is 2.89. The van der Waals surface area contributed by atoms with E-state index < -0.39 is 0 Å². The maximum absolute atomic E-state index is 12.5. The number of methoxy groups -OCH3 is 1. The maximum atomic E-state index is 12.5. The van der Waals surface area contributed by atoms with Gasteiger partial charge in [0.05, 0.1) is 18.2 Å². The average molecular weight is 457 g/mol. The number of benzene rings is 2. The van der Waals surface area contributed by atoms with Crippen LogP contribution in [0.1, 0.15) is 29.3 Å². The molecule has 0 aromatic heterocycles. The summed E-state index contributed by atoms with van der Waals surface area (Å²) in [6.07, 6.45) is 0.890. The number of ether oxygens (including phenoxy) is 2. The number of halogens is 2. The summed E-state index contributed by atoms with van der Waals surface area (Å²) in [6, 6.07) is 9.07. The third kappa shape index (κ3) is 4.51. The van der Waals surface area contributed by atoms with Crippen molar-refractivity contribution >= 4 is 43.5 Å². The van der Waals surface area contributed by atoms with Gasteiger partial charge in [0.25, 0.3) is 5.91 Å². The fraction of sp³-hybridized carbons (Fsp3) is 0.278. The molecule has 0 aliphatic carbocycles. The molecule has 0 saturated carbocycles. The van der Waals surface area contributed by atoms with Crippen LogP contribution < -0.4 is 14.8 Å². The van der Waals surface area contributed by atoms with Crippen molar-refractivity contribution < 1.29 is 14.3 Å². The van der Waals surface area contributed by atoms with E-state index in [1.807, 2.05) is 32.0 Å². The maximum Gasteiger partial charge on any atom is 0.255 e. The number of carbonyl (C=O) groups is 1. The third-order valence-electron chi connectivity index (χ3n) is 3.36.